The maximum Gasteiger partial charge on any atom is 0.188 e. The lowest BCUT2D eigenvalue weighted by Gasteiger charge is -2.33. The number of piperazine rings is 1. The van der Waals surface area contributed by atoms with E-state index in [4.69, 9.17) is 5.73 Å². The first-order chi connectivity index (χ1) is 8.61. The van der Waals surface area contributed by atoms with Gasteiger partial charge >= 0.3 is 0 Å². The minimum atomic E-state index is 0.565. The fraction of sp³-hybridized carbons (Fsp3) is 0.923. The van der Waals surface area contributed by atoms with Crippen LogP contribution in [0.2, 0.25) is 0 Å². The Morgan fingerprint density at radius 3 is 2.61 bits per heavy atom. The van der Waals surface area contributed by atoms with Gasteiger partial charge in [-0.1, -0.05) is 13.8 Å². The third kappa shape index (κ3) is 6.21. The number of hydrogen-bond acceptors (Lipinski definition) is 3. The van der Waals surface area contributed by atoms with Crippen LogP contribution in [0.25, 0.3) is 0 Å². The molecule has 1 aliphatic rings. The van der Waals surface area contributed by atoms with Crippen molar-refractivity contribution < 1.29 is 0 Å². The van der Waals surface area contributed by atoms with Gasteiger partial charge in [-0.25, -0.2) is 0 Å². The zero-order chi connectivity index (χ0) is 13.4. The van der Waals surface area contributed by atoms with Crippen LogP contribution in [0.5, 0.6) is 0 Å². The lowest BCUT2D eigenvalue weighted by Crippen LogP contribution is -2.46. The van der Waals surface area contributed by atoms with E-state index in [1.807, 2.05) is 0 Å². The molecule has 0 radical (unpaired) electrons. The van der Waals surface area contributed by atoms with Crippen LogP contribution in [0.3, 0.4) is 0 Å². The van der Waals surface area contributed by atoms with Crippen molar-refractivity contribution in [3.63, 3.8) is 0 Å². The number of likely N-dealkylation sites (N-methyl/N-ethyl adjacent to an activating group) is 1. The molecule has 1 unspecified atom stereocenters. The van der Waals surface area contributed by atoms with Gasteiger partial charge < -0.3 is 20.9 Å². The first kappa shape index (κ1) is 15.2. The largest absolute Gasteiger partial charge is 0.370 e. The number of nitrogens with zero attached hydrogens (tertiary/aromatic N) is 3. The van der Waals surface area contributed by atoms with E-state index in [9.17, 15) is 0 Å². The molecule has 1 heterocycles. The van der Waals surface area contributed by atoms with E-state index in [0.717, 1.165) is 26.1 Å². The molecule has 1 fully saturated rings. The smallest absolute Gasteiger partial charge is 0.188 e. The number of hydrogen-bond donors (Lipinski definition) is 2. The Hall–Kier alpha value is -0.810. The molecule has 5 heteroatoms. The van der Waals surface area contributed by atoms with Gasteiger partial charge in [0.25, 0.3) is 0 Å². The molecule has 0 aromatic heterocycles. The third-order valence-electron chi connectivity index (χ3n) is 3.30. The molecule has 0 saturated carbocycles. The minimum Gasteiger partial charge on any atom is -0.370 e. The zero-order valence-corrected chi connectivity index (χ0v) is 12.2. The van der Waals surface area contributed by atoms with Crippen molar-refractivity contribution in [1.29, 1.82) is 0 Å². The molecule has 0 aromatic rings. The molecule has 18 heavy (non-hydrogen) atoms. The van der Waals surface area contributed by atoms with Crippen molar-refractivity contribution in [2.24, 2.45) is 16.6 Å². The van der Waals surface area contributed by atoms with E-state index in [-0.39, 0.29) is 0 Å². The standard InChI is InChI=1S/C13H29N5/c1-4-5-15-13(14)16-10-12(2)11-18-8-6-17(3)7-9-18/h12H,4-11H2,1-3H3,(H3,14,15,16). The third-order valence-corrected chi connectivity index (χ3v) is 3.30. The number of rotatable bonds is 6. The summed E-state index contributed by atoms with van der Waals surface area (Å²) in [4.78, 5) is 9.29. The molecular weight excluding hydrogens is 226 g/mol. The number of guanidine groups is 1. The average molecular weight is 255 g/mol. The van der Waals surface area contributed by atoms with Gasteiger partial charge in [-0.05, 0) is 19.4 Å². The first-order valence-electron chi connectivity index (χ1n) is 7.06. The Labute approximate surface area is 111 Å². The normalized spacial score (nSPS) is 20.9. The molecule has 1 aliphatic heterocycles. The van der Waals surface area contributed by atoms with Crippen LogP contribution in [0.15, 0.2) is 4.99 Å². The van der Waals surface area contributed by atoms with E-state index in [0.29, 0.717) is 11.9 Å². The van der Waals surface area contributed by atoms with Crippen molar-refractivity contribution in [3.8, 4) is 0 Å². The summed E-state index contributed by atoms with van der Waals surface area (Å²) in [5.74, 6) is 1.15. The number of nitrogens with two attached hydrogens (primary N) is 1. The molecule has 0 amide bonds. The second kappa shape index (κ2) is 8.32. The van der Waals surface area contributed by atoms with E-state index in [1.165, 1.54) is 26.2 Å². The molecule has 5 nitrogen and oxygen atoms in total. The van der Waals surface area contributed by atoms with Gasteiger partial charge in [0.2, 0.25) is 0 Å². The zero-order valence-electron chi connectivity index (χ0n) is 12.2. The average Bonchev–Trinajstić information content (AvgIpc) is 2.36. The maximum absolute atomic E-state index is 5.78. The van der Waals surface area contributed by atoms with Crippen LogP contribution in [-0.2, 0) is 0 Å². The molecule has 1 saturated heterocycles. The topological polar surface area (TPSA) is 56.9 Å². The fourth-order valence-electron chi connectivity index (χ4n) is 2.09. The summed E-state index contributed by atoms with van der Waals surface area (Å²) >= 11 is 0. The molecule has 106 valence electrons. The Bertz CT molecular complexity index is 246. The first-order valence-corrected chi connectivity index (χ1v) is 7.06. The predicted molar refractivity (Wildman–Crippen MR) is 77.9 cm³/mol. The molecule has 0 bridgehead atoms. The monoisotopic (exact) mass is 255 g/mol. The van der Waals surface area contributed by atoms with E-state index in [2.05, 4.69) is 41.0 Å². The molecular formula is C13H29N5. The highest BCUT2D eigenvalue weighted by molar-refractivity contribution is 5.77. The predicted octanol–water partition coefficient (Wildman–Crippen LogP) is 0.184. The van der Waals surface area contributed by atoms with Crippen LogP contribution in [-0.4, -0.2) is 68.6 Å². The summed E-state index contributed by atoms with van der Waals surface area (Å²) in [5.41, 5.74) is 5.78. The highest BCUT2D eigenvalue weighted by Crippen LogP contribution is 2.04. The van der Waals surface area contributed by atoms with Gasteiger partial charge in [0.1, 0.15) is 0 Å². The summed E-state index contributed by atoms with van der Waals surface area (Å²) in [7, 11) is 2.19. The lowest BCUT2D eigenvalue weighted by atomic mass is 10.1. The summed E-state index contributed by atoms with van der Waals surface area (Å²) in [6.45, 7) is 11.9. The molecule has 0 spiro atoms. The van der Waals surface area contributed by atoms with E-state index < -0.39 is 0 Å². The Morgan fingerprint density at radius 2 is 2.00 bits per heavy atom. The van der Waals surface area contributed by atoms with Gasteiger partial charge in [-0.2, -0.15) is 0 Å². The van der Waals surface area contributed by atoms with Crippen LogP contribution < -0.4 is 11.1 Å². The van der Waals surface area contributed by atoms with Gasteiger partial charge in [-0.3, -0.25) is 4.99 Å². The number of aliphatic imine (C=N–C) groups is 1. The summed E-state index contributed by atoms with van der Waals surface area (Å²) in [5, 5.41) is 3.10. The van der Waals surface area contributed by atoms with Crippen LogP contribution in [0.1, 0.15) is 20.3 Å². The quantitative estimate of drug-likeness (QED) is 0.525. The SMILES string of the molecule is CCCNC(N)=NCC(C)CN1CCN(C)CC1. The molecule has 0 aliphatic carbocycles. The van der Waals surface area contributed by atoms with E-state index >= 15 is 0 Å². The van der Waals surface area contributed by atoms with E-state index in [1.54, 1.807) is 0 Å². The van der Waals surface area contributed by atoms with Crippen LogP contribution in [0.4, 0.5) is 0 Å². The Morgan fingerprint density at radius 1 is 1.33 bits per heavy atom. The van der Waals surface area contributed by atoms with Crippen molar-refractivity contribution >= 4 is 5.96 Å². The highest BCUT2D eigenvalue weighted by Gasteiger charge is 2.15. The van der Waals surface area contributed by atoms with Crippen molar-refractivity contribution in [3.05, 3.63) is 0 Å². The molecule has 1 rings (SSSR count). The number of nitrogens with one attached hydrogen (secondary N) is 1. The van der Waals surface area contributed by atoms with Gasteiger partial charge in [-0.15, -0.1) is 0 Å². The fourth-order valence-corrected chi connectivity index (χ4v) is 2.09. The second-order valence-corrected chi connectivity index (χ2v) is 5.36. The molecule has 3 N–H and O–H groups in total. The van der Waals surface area contributed by atoms with Crippen molar-refractivity contribution in [1.82, 2.24) is 15.1 Å². The maximum atomic E-state index is 5.78. The Kier molecular flexibility index (Phi) is 7.05. The second-order valence-electron chi connectivity index (χ2n) is 5.36. The molecule has 1 atom stereocenters. The van der Waals surface area contributed by atoms with Crippen molar-refractivity contribution in [2.45, 2.75) is 20.3 Å². The van der Waals surface area contributed by atoms with Crippen LogP contribution in [0, 0.1) is 5.92 Å². The summed E-state index contributed by atoms with van der Waals surface area (Å²) in [6, 6.07) is 0. The lowest BCUT2D eigenvalue weighted by molar-refractivity contribution is 0.140. The summed E-state index contributed by atoms with van der Waals surface area (Å²) < 4.78 is 0. The van der Waals surface area contributed by atoms with Gasteiger partial charge in [0, 0.05) is 45.8 Å². The van der Waals surface area contributed by atoms with Crippen molar-refractivity contribution in [2.75, 3.05) is 52.9 Å². The van der Waals surface area contributed by atoms with Crippen LogP contribution >= 0.6 is 0 Å². The summed E-state index contributed by atoms with van der Waals surface area (Å²) in [6.07, 6.45) is 1.08. The highest BCUT2D eigenvalue weighted by atomic mass is 15.2. The minimum absolute atomic E-state index is 0.565. The Balaban J connectivity index is 2.18. The molecule has 0 aromatic carbocycles. The van der Waals surface area contributed by atoms with Gasteiger partial charge in [0.15, 0.2) is 5.96 Å². The van der Waals surface area contributed by atoms with Gasteiger partial charge in [0.05, 0.1) is 0 Å².